The summed E-state index contributed by atoms with van der Waals surface area (Å²) in [7, 11) is 0. The van der Waals surface area contributed by atoms with Crippen molar-refractivity contribution in [3.63, 3.8) is 0 Å². The Morgan fingerprint density at radius 2 is 1.89 bits per heavy atom. The highest BCUT2D eigenvalue weighted by molar-refractivity contribution is 6.28. The molecular weight excluding hydrogens is 275 g/mol. The molecule has 2 rings (SSSR count). The number of alkyl halides is 1. The molecule has 0 saturated carbocycles. The zero-order valence-electron chi connectivity index (χ0n) is 9.25. The summed E-state index contributed by atoms with van der Waals surface area (Å²) >= 11 is 10.8. The van der Waals surface area contributed by atoms with E-state index in [1.807, 2.05) is 30.3 Å². The van der Waals surface area contributed by atoms with E-state index in [1.165, 1.54) is 17.8 Å². The van der Waals surface area contributed by atoms with Gasteiger partial charge in [0.05, 0.1) is 0 Å². The Hall–Kier alpha value is -1.65. The third-order valence-corrected chi connectivity index (χ3v) is 2.33. The van der Waals surface area contributed by atoms with Crippen molar-refractivity contribution in [1.29, 1.82) is 0 Å². The number of aromatic carboxylic acids is 1. The second-order valence-corrected chi connectivity index (χ2v) is 3.74. The molecular formula is C12H10Cl2N2O2. The molecule has 0 amide bonds. The Morgan fingerprint density at radius 1 is 1.22 bits per heavy atom. The van der Waals surface area contributed by atoms with Crippen molar-refractivity contribution in [2.75, 3.05) is 0 Å². The molecule has 0 fully saturated rings. The normalized spacial score (nSPS) is 9.22. The van der Waals surface area contributed by atoms with Crippen LogP contribution in [0.4, 0.5) is 0 Å². The van der Waals surface area contributed by atoms with E-state index in [-0.39, 0.29) is 11.0 Å². The Balaban J connectivity index is 0.000000184. The maximum absolute atomic E-state index is 10.2. The van der Waals surface area contributed by atoms with Gasteiger partial charge in [-0.15, -0.1) is 11.6 Å². The number of hydrogen-bond donors (Lipinski definition) is 1. The van der Waals surface area contributed by atoms with Gasteiger partial charge in [-0.1, -0.05) is 30.3 Å². The third kappa shape index (κ3) is 5.12. The van der Waals surface area contributed by atoms with E-state index in [2.05, 4.69) is 9.97 Å². The largest absolute Gasteiger partial charge is 0.477 e. The Morgan fingerprint density at radius 3 is 2.28 bits per heavy atom. The summed E-state index contributed by atoms with van der Waals surface area (Å²) in [5.74, 6) is -0.495. The fraction of sp³-hybridized carbons (Fsp3) is 0.0833. The lowest BCUT2D eigenvalue weighted by molar-refractivity contribution is 0.0690. The van der Waals surface area contributed by atoms with Gasteiger partial charge in [0.2, 0.25) is 5.28 Å². The monoisotopic (exact) mass is 284 g/mol. The quantitative estimate of drug-likeness (QED) is 0.679. The molecule has 1 N–H and O–H groups in total. The van der Waals surface area contributed by atoms with Gasteiger partial charge >= 0.3 is 5.97 Å². The lowest BCUT2D eigenvalue weighted by Crippen LogP contribution is -2.00. The Kier molecular flexibility index (Phi) is 6.11. The molecule has 6 heteroatoms. The maximum atomic E-state index is 10.2. The number of hydrogen-bond acceptors (Lipinski definition) is 3. The summed E-state index contributed by atoms with van der Waals surface area (Å²) in [6.07, 6.45) is 1.29. The fourth-order valence-electron chi connectivity index (χ4n) is 1.02. The van der Waals surface area contributed by atoms with Crippen LogP contribution in [-0.4, -0.2) is 21.0 Å². The van der Waals surface area contributed by atoms with E-state index in [4.69, 9.17) is 28.3 Å². The molecule has 0 aliphatic heterocycles. The van der Waals surface area contributed by atoms with E-state index in [1.54, 1.807) is 0 Å². The highest BCUT2D eigenvalue weighted by Crippen LogP contribution is 2.00. The fourth-order valence-corrected chi connectivity index (χ4v) is 1.35. The SMILES string of the molecule is ClCc1ccccc1.O=C(O)c1ccnc(Cl)n1. The van der Waals surface area contributed by atoms with Crippen molar-refractivity contribution in [1.82, 2.24) is 9.97 Å². The second kappa shape index (κ2) is 7.63. The minimum absolute atomic E-state index is 0.0556. The highest BCUT2D eigenvalue weighted by Gasteiger charge is 2.03. The molecule has 0 spiro atoms. The van der Waals surface area contributed by atoms with Gasteiger partial charge in [0.15, 0.2) is 5.69 Å². The van der Waals surface area contributed by atoms with Crippen LogP contribution in [0.5, 0.6) is 0 Å². The summed E-state index contributed by atoms with van der Waals surface area (Å²) in [4.78, 5) is 17.1. The van der Waals surface area contributed by atoms with Crippen molar-refractivity contribution in [3.8, 4) is 0 Å². The van der Waals surface area contributed by atoms with E-state index < -0.39 is 5.97 Å². The van der Waals surface area contributed by atoms with Crippen molar-refractivity contribution >= 4 is 29.2 Å². The molecule has 1 aromatic heterocycles. The average molecular weight is 285 g/mol. The van der Waals surface area contributed by atoms with Crippen LogP contribution in [-0.2, 0) is 5.88 Å². The van der Waals surface area contributed by atoms with Gasteiger partial charge in [0.25, 0.3) is 0 Å². The predicted molar refractivity (Wildman–Crippen MR) is 70.0 cm³/mol. The number of carboxylic acid groups (broad SMARTS) is 1. The van der Waals surface area contributed by atoms with Crippen molar-refractivity contribution < 1.29 is 9.90 Å². The van der Waals surface area contributed by atoms with E-state index >= 15 is 0 Å². The van der Waals surface area contributed by atoms with Crippen LogP contribution >= 0.6 is 23.2 Å². The molecule has 0 unspecified atom stereocenters. The maximum Gasteiger partial charge on any atom is 0.354 e. The van der Waals surface area contributed by atoms with Gasteiger partial charge in [-0.05, 0) is 23.2 Å². The first-order valence-electron chi connectivity index (χ1n) is 4.95. The van der Waals surface area contributed by atoms with Gasteiger partial charge in [-0.2, -0.15) is 0 Å². The predicted octanol–water partition coefficient (Wildman–Crippen LogP) is 3.25. The van der Waals surface area contributed by atoms with Crippen LogP contribution < -0.4 is 0 Å². The van der Waals surface area contributed by atoms with Gasteiger partial charge in [-0.25, -0.2) is 14.8 Å². The minimum atomic E-state index is -1.11. The Labute approximate surface area is 114 Å². The van der Waals surface area contributed by atoms with E-state index in [9.17, 15) is 4.79 Å². The first-order valence-corrected chi connectivity index (χ1v) is 5.86. The minimum Gasteiger partial charge on any atom is -0.477 e. The zero-order chi connectivity index (χ0) is 13.4. The summed E-state index contributed by atoms with van der Waals surface area (Å²) in [6, 6.07) is 11.2. The lowest BCUT2D eigenvalue weighted by Gasteiger charge is -1.90. The molecule has 1 heterocycles. The van der Waals surface area contributed by atoms with E-state index in [0.717, 1.165) is 0 Å². The van der Waals surface area contributed by atoms with Gasteiger partial charge in [-0.3, -0.25) is 0 Å². The molecule has 0 atom stereocenters. The van der Waals surface area contributed by atoms with Crippen LogP contribution in [0.2, 0.25) is 5.28 Å². The molecule has 0 radical (unpaired) electrons. The molecule has 1 aromatic carbocycles. The number of halogens is 2. The average Bonchev–Trinajstić information content (AvgIpc) is 2.40. The van der Waals surface area contributed by atoms with Crippen LogP contribution in [0.3, 0.4) is 0 Å². The number of benzene rings is 1. The molecule has 0 bridgehead atoms. The van der Waals surface area contributed by atoms with Crippen molar-refractivity contribution in [3.05, 3.63) is 59.1 Å². The first kappa shape index (κ1) is 14.4. The van der Waals surface area contributed by atoms with Crippen molar-refractivity contribution in [2.24, 2.45) is 0 Å². The highest BCUT2D eigenvalue weighted by atomic mass is 35.5. The summed E-state index contributed by atoms with van der Waals surface area (Å²) in [6.45, 7) is 0. The van der Waals surface area contributed by atoms with Crippen molar-refractivity contribution in [2.45, 2.75) is 5.88 Å². The number of nitrogens with zero attached hydrogens (tertiary/aromatic N) is 2. The molecule has 0 saturated heterocycles. The zero-order valence-corrected chi connectivity index (χ0v) is 10.8. The van der Waals surface area contributed by atoms with Crippen LogP contribution in [0.15, 0.2) is 42.6 Å². The summed E-state index contributed by atoms with van der Waals surface area (Å²) in [5, 5.41) is 8.30. The van der Waals surface area contributed by atoms with Gasteiger partial charge in [0.1, 0.15) is 0 Å². The second-order valence-electron chi connectivity index (χ2n) is 3.14. The first-order chi connectivity index (χ1) is 8.63. The third-order valence-electron chi connectivity index (χ3n) is 1.84. The van der Waals surface area contributed by atoms with E-state index in [0.29, 0.717) is 5.88 Å². The molecule has 0 aliphatic rings. The molecule has 2 aromatic rings. The topological polar surface area (TPSA) is 63.1 Å². The molecule has 4 nitrogen and oxygen atoms in total. The van der Waals surface area contributed by atoms with Crippen LogP contribution in [0.1, 0.15) is 16.1 Å². The smallest absolute Gasteiger partial charge is 0.354 e. The lowest BCUT2D eigenvalue weighted by atomic mass is 10.2. The standard InChI is InChI=1S/C7H7Cl.C5H3ClN2O2/c8-6-7-4-2-1-3-5-7;6-5-7-2-1-3(8-5)4(9)10/h1-5H,6H2;1-2H,(H,9,10). The molecule has 18 heavy (non-hydrogen) atoms. The van der Waals surface area contributed by atoms with Gasteiger partial charge < -0.3 is 5.11 Å². The molecule has 94 valence electrons. The van der Waals surface area contributed by atoms with Crippen LogP contribution in [0, 0.1) is 0 Å². The van der Waals surface area contributed by atoms with Gasteiger partial charge in [0, 0.05) is 12.1 Å². The molecule has 0 aliphatic carbocycles. The number of rotatable bonds is 2. The number of carboxylic acids is 1. The number of carbonyl (C=O) groups is 1. The summed E-state index contributed by atoms with van der Waals surface area (Å²) < 4.78 is 0. The number of aromatic nitrogens is 2. The van der Waals surface area contributed by atoms with Crippen LogP contribution in [0.25, 0.3) is 0 Å². The Bertz CT molecular complexity index is 506. The summed E-state index contributed by atoms with van der Waals surface area (Å²) in [5.41, 5.74) is 1.08.